The van der Waals surface area contributed by atoms with Crippen molar-refractivity contribution in [2.24, 2.45) is 0 Å². The van der Waals surface area contributed by atoms with Gasteiger partial charge in [0, 0.05) is 11.6 Å². The topological polar surface area (TPSA) is 20.3 Å². The van der Waals surface area contributed by atoms with Gasteiger partial charge in [-0.2, -0.15) is 0 Å². The number of carbonyl (C=O) groups excluding carboxylic acids is 1. The van der Waals surface area contributed by atoms with Crippen molar-refractivity contribution in [3.8, 4) is 0 Å². The lowest BCUT2D eigenvalue weighted by atomic mass is 10.1. The number of carbonyl (C=O) groups is 1. The summed E-state index contributed by atoms with van der Waals surface area (Å²) in [4.78, 5) is 14.5. The van der Waals surface area contributed by atoms with Crippen LogP contribution in [0.1, 0.15) is 31.0 Å². The predicted molar refractivity (Wildman–Crippen MR) is 87.4 cm³/mol. The molecule has 0 aliphatic rings. The number of halogens is 1. The Hall–Kier alpha value is -1.80. The lowest BCUT2D eigenvalue weighted by Gasteiger charge is -2.28. The summed E-state index contributed by atoms with van der Waals surface area (Å²) in [6.45, 7) is 4.76. The summed E-state index contributed by atoms with van der Waals surface area (Å²) in [7, 11) is 0. The van der Waals surface area contributed by atoms with Crippen LogP contribution in [0.3, 0.4) is 0 Å². The van der Waals surface area contributed by atoms with Gasteiger partial charge in [0.25, 0.3) is 0 Å². The highest BCUT2D eigenvalue weighted by Crippen LogP contribution is 2.21. The first-order valence-corrected chi connectivity index (χ1v) is 7.58. The minimum Gasteiger partial charge on any atom is -0.336 e. The average molecular weight is 302 g/mol. The summed E-state index contributed by atoms with van der Waals surface area (Å²) in [6, 6.07) is 17.7. The average Bonchev–Trinajstić information content (AvgIpc) is 2.48. The molecule has 1 amide bonds. The second-order valence-electron chi connectivity index (χ2n) is 5.07. The Morgan fingerprint density at radius 2 is 1.86 bits per heavy atom. The fourth-order valence-electron chi connectivity index (χ4n) is 2.50. The highest BCUT2D eigenvalue weighted by molar-refractivity contribution is 6.30. The molecule has 0 aromatic heterocycles. The predicted octanol–water partition coefficient (Wildman–Crippen LogP) is 4.49. The van der Waals surface area contributed by atoms with Crippen LogP contribution in [0.5, 0.6) is 0 Å². The first kappa shape index (κ1) is 15.6. The van der Waals surface area contributed by atoms with Gasteiger partial charge in [0.15, 0.2) is 0 Å². The van der Waals surface area contributed by atoms with Crippen molar-refractivity contribution >= 4 is 17.5 Å². The van der Waals surface area contributed by atoms with Gasteiger partial charge in [-0.3, -0.25) is 4.79 Å². The van der Waals surface area contributed by atoms with Crippen LogP contribution in [0, 0.1) is 0 Å². The molecule has 2 rings (SSSR count). The molecule has 2 nitrogen and oxygen atoms in total. The summed E-state index contributed by atoms with van der Waals surface area (Å²) in [5.41, 5.74) is 2.10. The molecule has 21 heavy (non-hydrogen) atoms. The number of hydrogen-bond acceptors (Lipinski definition) is 1. The van der Waals surface area contributed by atoms with Gasteiger partial charge < -0.3 is 4.90 Å². The third kappa shape index (κ3) is 4.08. The van der Waals surface area contributed by atoms with Crippen LogP contribution in [0.25, 0.3) is 0 Å². The highest BCUT2D eigenvalue weighted by atomic mass is 35.5. The Balaban J connectivity index is 2.12. The van der Waals surface area contributed by atoms with Crippen molar-refractivity contribution in [2.75, 3.05) is 6.54 Å². The van der Waals surface area contributed by atoms with E-state index in [0.717, 1.165) is 11.1 Å². The third-order valence-corrected chi connectivity index (χ3v) is 3.89. The maximum Gasteiger partial charge on any atom is 0.227 e. The molecule has 0 bridgehead atoms. The largest absolute Gasteiger partial charge is 0.336 e. The standard InChI is InChI=1S/C18H20ClNO/c1-3-20(14(2)16-9-5-4-6-10-16)18(21)13-15-8-7-11-17(19)12-15/h4-12,14H,3,13H2,1-2H3. The van der Waals surface area contributed by atoms with E-state index in [1.807, 2.05) is 54.3 Å². The lowest BCUT2D eigenvalue weighted by Crippen LogP contribution is -2.34. The number of nitrogens with zero attached hydrogens (tertiary/aromatic N) is 1. The minimum atomic E-state index is 0.0721. The molecule has 1 unspecified atom stereocenters. The van der Waals surface area contributed by atoms with Crippen LogP contribution in [0.15, 0.2) is 54.6 Å². The molecule has 0 N–H and O–H groups in total. The van der Waals surface area contributed by atoms with Gasteiger partial charge in [0.2, 0.25) is 5.91 Å². The van der Waals surface area contributed by atoms with Crippen LogP contribution in [-0.4, -0.2) is 17.4 Å². The maximum atomic E-state index is 12.6. The fraction of sp³-hybridized carbons (Fsp3) is 0.278. The van der Waals surface area contributed by atoms with Gasteiger partial charge in [-0.25, -0.2) is 0 Å². The molecule has 2 aromatic rings. The molecule has 2 aromatic carbocycles. The maximum absolute atomic E-state index is 12.6. The van der Waals surface area contributed by atoms with Crippen LogP contribution in [-0.2, 0) is 11.2 Å². The lowest BCUT2D eigenvalue weighted by molar-refractivity contribution is -0.132. The first-order chi connectivity index (χ1) is 10.1. The molecule has 0 spiro atoms. The summed E-state index contributed by atoms with van der Waals surface area (Å²) in [5.74, 6) is 0.121. The van der Waals surface area contributed by atoms with Crippen LogP contribution in [0.2, 0.25) is 5.02 Å². The van der Waals surface area contributed by atoms with Gasteiger partial charge >= 0.3 is 0 Å². The van der Waals surface area contributed by atoms with E-state index in [1.165, 1.54) is 0 Å². The SMILES string of the molecule is CCN(C(=O)Cc1cccc(Cl)c1)C(C)c1ccccc1. The Kier molecular flexibility index (Phi) is 5.40. The number of likely N-dealkylation sites (N-methyl/N-ethyl adjacent to an activating group) is 1. The second kappa shape index (κ2) is 7.28. The Labute approximate surface area is 131 Å². The van der Waals surface area contributed by atoms with Crippen LogP contribution in [0.4, 0.5) is 0 Å². The zero-order valence-corrected chi connectivity index (χ0v) is 13.2. The van der Waals surface area contributed by atoms with Crippen molar-refractivity contribution in [3.05, 3.63) is 70.7 Å². The van der Waals surface area contributed by atoms with E-state index in [9.17, 15) is 4.79 Å². The van der Waals surface area contributed by atoms with Crippen molar-refractivity contribution < 1.29 is 4.79 Å². The molecule has 0 heterocycles. The summed E-state index contributed by atoms with van der Waals surface area (Å²) < 4.78 is 0. The molecular weight excluding hydrogens is 282 g/mol. The van der Waals surface area contributed by atoms with Gasteiger partial charge in [0.1, 0.15) is 0 Å². The van der Waals surface area contributed by atoms with E-state index in [1.54, 1.807) is 0 Å². The highest BCUT2D eigenvalue weighted by Gasteiger charge is 2.19. The quantitative estimate of drug-likeness (QED) is 0.796. The summed E-state index contributed by atoms with van der Waals surface area (Å²) in [6.07, 6.45) is 0.381. The van der Waals surface area contributed by atoms with Crippen LogP contribution >= 0.6 is 11.6 Å². The molecule has 3 heteroatoms. The summed E-state index contributed by atoms with van der Waals surface area (Å²) in [5, 5.41) is 0.666. The fourth-order valence-corrected chi connectivity index (χ4v) is 2.71. The van der Waals surface area contributed by atoms with E-state index >= 15 is 0 Å². The molecular formula is C18H20ClNO. The zero-order chi connectivity index (χ0) is 15.2. The molecule has 0 fully saturated rings. The second-order valence-corrected chi connectivity index (χ2v) is 5.51. The molecule has 0 saturated carbocycles. The number of hydrogen-bond donors (Lipinski definition) is 0. The van der Waals surface area contributed by atoms with Gasteiger partial charge in [-0.1, -0.05) is 54.1 Å². The van der Waals surface area contributed by atoms with Gasteiger partial charge in [-0.05, 0) is 37.1 Å². The Bertz CT molecular complexity index is 597. The monoisotopic (exact) mass is 301 g/mol. The van der Waals surface area contributed by atoms with Gasteiger partial charge in [-0.15, -0.1) is 0 Å². The Morgan fingerprint density at radius 3 is 2.48 bits per heavy atom. The smallest absolute Gasteiger partial charge is 0.227 e. The molecule has 0 radical (unpaired) electrons. The first-order valence-electron chi connectivity index (χ1n) is 7.20. The van der Waals surface area contributed by atoms with Gasteiger partial charge in [0.05, 0.1) is 12.5 Å². The van der Waals surface area contributed by atoms with Crippen molar-refractivity contribution in [1.29, 1.82) is 0 Å². The van der Waals surface area contributed by atoms with E-state index in [-0.39, 0.29) is 11.9 Å². The van der Waals surface area contributed by atoms with E-state index in [0.29, 0.717) is 18.0 Å². The molecule has 1 atom stereocenters. The normalized spacial score (nSPS) is 12.0. The van der Waals surface area contributed by atoms with Crippen molar-refractivity contribution in [2.45, 2.75) is 26.3 Å². The molecule has 110 valence electrons. The summed E-state index contributed by atoms with van der Waals surface area (Å²) >= 11 is 5.98. The van der Waals surface area contributed by atoms with Crippen molar-refractivity contribution in [3.63, 3.8) is 0 Å². The Morgan fingerprint density at radius 1 is 1.14 bits per heavy atom. The third-order valence-electron chi connectivity index (χ3n) is 3.65. The van der Waals surface area contributed by atoms with E-state index in [2.05, 4.69) is 19.1 Å². The number of rotatable bonds is 5. The molecule has 0 saturated heterocycles. The van der Waals surface area contributed by atoms with Crippen molar-refractivity contribution in [1.82, 2.24) is 4.90 Å². The van der Waals surface area contributed by atoms with E-state index in [4.69, 9.17) is 11.6 Å². The zero-order valence-electron chi connectivity index (χ0n) is 12.4. The van der Waals surface area contributed by atoms with E-state index < -0.39 is 0 Å². The number of benzene rings is 2. The molecule has 0 aliphatic heterocycles. The number of amides is 1. The van der Waals surface area contributed by atoms with Crippen LogP contribution < -0.4 is 0 Å². The molecule has 0 aliphatic carbocycles. The minimum absolute atomic E-state index is 0.0721.